The highest BCUT2D eigenvalue weighted by molar-refractivity contribution is 5.53. The summed E-state index contributed by atoms with van der Waals surface area (Å²) in [6, 6.07) is 10.4. The summed E-state index contributed by atoms with van der Waals surface area (Å²) in [4.78, 5) is 13.5. The molecule has 10 heteroatoms. The number of hydrogen-bond donors (Lipinski definition) is 2. The zero-order chi connectivity index (χ0) is 19.4. The Hall–Kier alpha value is -3.17. The molecule has 0 saturated heterocycles. The quantitative estimate of drug-likeness (QED) is 0.687. The van der Waals surface area contributed by atoms with Crippen molar-refractivity contribution in [2.75, 3.05) is 30.9 Å². The molecule has 0 amide bonds. The lowest BCUT2D eigenvalue weighted by Gasteiger charge is -2.15. The van der Waals surface area contributed by atoms with E-state index in [4.69, 9.17) is 0 Å². The second-order valence-electron chi connectivity index (χ2n) is 5.98. The van der Waals surface area contributed by atoms with Gasteiger partial charge in [-0.15, -0.1) is 0 Å². The van der Waals surface area contributed by atoms with E-state index in [9.17, 15) is 13.2 Å². The van der Waals surface area contributed by atoms with E-state index in [1.165, 1.54) is 4.90 Å². The first kappa shape index (κ1) is 18.6. The molecule has 0 aliphatic rings. The number of benzene rings is 1. The maximum atomic E-state index is 13.0. The summed E-state index contributed by atoms with van der Waals surface area (Å²) >= 11 is 0. The third-order valence-electron chi connectivity index (χ3n) is 3.67. The normalized spacial score (nSPS) is 11.4. The smallest absolute Gasteiger partial charge is 0.363 e. The molecule has 0 bridgehead atoms. The van der Waals surface area contributed by atoms with Crippen molar-refractivity contribution in [3.63, 3.8) is 0 Å². The molecule has 142 valence electrons. The SMILES string of the molecule is CN(C)c1cc(C(F)(F)F)nc(NCCc2nc(-c3ccccc3)n[nH]2)n1. The highest BCUT2D eigenvalue weighted by Crippen LogP contribution is 2.30. The van der Waals surface area contributed by atoms with Crippen LogP contribution >= 0.6 is 0 Å². The van der Waals surface area contributed by atoms with Gasteiger partial charge in [0.2, 0.25) is 5.95 Å². The predicted molar refractivity (Wildman–Crippen MR) is 95.4 cm³/mol. The molecular formula is C17H18F3N7. The molecule has 0 spiro atoms. The molecule has 0 atom stereocenters. The Kier molecular flexibility index (Phi) is 5.24. The Morgan fingerprint density at radius 3 is 2.48 bits per heavy atom. The van der Waals surface area contributed by atoms with Crippen LogP contribution in [0.1, 0.15) is 11.5 Å². The Labute approximate surface area is 153 Å². The maximum absolute atomic E-state index is 13.0. The first-order chi connectivity index (χ1) is 12.8. The fourth-order valence-electron chi connectivity index (χ4n) is 2.30. The van der Waals surface area contributed by atoms with Crippen LogP contribution in [0, 0.1) is 0 Å². The average Bonchev–Trinajstić information content (AvgIpc) is 3.10. The van der Waals surface area contributed by atoms with Crippen LogP contribution in [-0.4, -0.2) is 45.8 Å². The molecule has 2 N–H and O–H groups in total. The van der Waals surface area contributed by atoms with Gasteiger partial charge in [0.25, 0.3) is 0 Å². The largest absolute Gasteiger partial charge is 0.433 e. The fraction of sp³-hybridized carbons (Fsp3) is 0.294. The van der Waals surface area contributed by atoms with E-state index in [2.05, 4.69) is 30.5 Å². The minimum Gasteiger partial charge on any atom is -0.363 e. The van der Waals surface area contributed by atoms with Gasteiger partial charge in [-0.3, -0.25) is 5.10 Å². The molecule has 0 radical (unpaired) electrons. The third kappa shape index (κ3) is 4.72. The summed E-state index contributed by atoms with van der Waals surface area (Å²) < 4.78 is 39.0. The molecule has 1 aromatic carbocycles. The molecule has 0 saturated carbocycles. The van der Waals surface area contributed by atoms with E-state index >= 15 is 0 Å². The molecule has 2 heterocycles. The van der Waals surface area contributed by atoms with Crippen LogP contribution < -0.4 is 10.2 Å². The van der Waals surface area contributed by atoms with Crippen molar-refractivity contribution in [1.82, 2.24) is 25.1 Å². The van der Waals surface area contributed by atoms with Gasteiger partial charge in [-0.05, 0) is 0 Å². The van der Waals surface area contributed by atoms with E-state index in [0.29, 0.717) is 24.6 Å². The van der Waals surface area contributed by atoms with Gasteiger partial charge in [0.05, 0.1) is 0 Å². The summed E-state index contributed by atoms with van der Waals surface area (Å²) in [7, 11) is 3.23. The second-order valence-corrected chi connectivity index (χ2v) is 5.98. The van der Waals surface area contributed by atoms with Gasteiger partial charge in [-0.25, -0.2) is 9.97 Å². The van der Waals surface area contributed by atoms with Crippen LogP contribution in [0.5, 0.6) is 0 Å². The topological polar surface area (TPSA) is 82.6 Å². The van der Waals surface area contributed by atoms with Crippen LogP contribution in [0.25, 0.3) is 11.4 Å². The van der Waals surface area contributed by atoms with Gasteiger partial charge in [-0.2, -0.15) is 23.3 Å². The van der Waals surface area contributed by atoms with E-state index in [1.807, 2.05) is 30.3 Å². The van der Waals surface area contributed by atoms with Crippen LogP contribution in [0.15, 0.2) is 36.4 Å². The van der Waals surface area contributed by atoms with Gasteiger partial charge in [0.1, 0.15) is 11.6 Å². The number of halogens is 3. The molecule has 0 fully saturated rings. The average molecular weight is 377 g/mol. The molecule has 2 aromatic heterocycles. The summed E-state index contributed by atoms with van der Waals surface area (Å²) in [5.41, 5.74) is -0.112. The van der Waals surface area contributed by atoms with Crippen molar-refractivity contribution in [1.29, 1.82) is 0 Å². The summed E-state index contributed by atoms with van der Waals surface area (Å²) in [6.07, 6.45) is -4.11. The number of alkyl halides is 3. The third-order valence-corrected chi connectivity index (χ3v) is 3.67. The number of anilines is 2. The molecule has 0 aliphatic carbocycles. The van der Waals surface area contributed by atoms with Crippen molar-refractivity contribution < 1.29 is 13.2 Å². The van der Waals surface area contributed by atoms with Crippen molar-refractivity contribution in [3.8, 4) is 11.4 Å². The van der Waals surface area contributed by atoms with Crippen molar-refractivity contribution in [3.05, 3.63) is 47.9 Å². The Morgan fingerprint density at radius 1 is 1.07 bits per heavy atom. The number of hydrogen-bond acceptors (Lipinski definition) is 6. The van der Waals surface area contributed by atoms with Crippen LogP contribution in [0.4, 0.5) is 24.9 Å². The predicted octanol–water partition coefficient (Wildman–Crippen LogP) is 3.00. The van der Waals surface area contributed by atoms with Gasteiger partial charge >= 0.3 is 6.18 Å². The highest BCUT2D eigenvalue weighted by Gasteiger charge is 2.34. The lowest BCUT2D eigenvalue weighted by molar-refractivity contribution is -0.141. The molecule has 0 unspecified atom stereocenters. The van der Waals surface area contributed by atoms with E-state index in [0.717, 1.165) is 11.6 Å². The fourth-order valence-corrected chi connectivity index (χ4v) is 2.30. The molecule has 27 heavy (non-hydrogen) atoms. The van der Waals surface area contributed by atoms with Crippen molar-refractivity contribution in [2.24, 2.45) is 0 Å². The summed E-state index contributed by atoms with van der Waals surface area (Å²) in [6.45, 7) is 0.303. The van der Waals surface area contributed by atoms with Crippen LogP contribution in [0.3, 0.4) is 0 Å². The summed E-state index contributed by atoms with van der Waals surface area (Å²) in [5, 5.41) is 9.78. The molecule has 3 aromatic rings. The molecule has 7 nitrogen and oxygen atoms in total. The van der Waals surface area contributed by atoms with Crippen LogP contribution in [0.2, 0.25) is 0 Å². The zero-order valence-corrected chi connectivity index (χ0v) is 14.7. The Bertz CT molecular complexity index is 891. The molecular weight excluding hydrogens is 359 g/mol. The molecule has 0 aliphatic heterocycles. The van der Waals surface area contributed by atoms with Gasteiger partial charge in [0.15, 0.2) is 11.5 Å². The summed E-state index contributed by atoms with van der Waals surface area (Å²) in [5.74, 6) is 1.26. The van der Waals surface area contributed by atoms with E-state index < -0.39 is 11.9 Å². The molecule has 3 rings (SSSR count). The van der Waals surface area contributed by atoms with Gasteiger partial charge in [-0.1, -0.05) is 30.3 Å². The number of aromatic amines is 1. The number of nitrogens with one attached hydrogen (secondary N) is 2. The second kappa shape index (κ2) is 7.60. The minimum absolute atomic E-state index is 0.0867. The van der Waals surface area contributed by atoms with E-state index in [1.54, 1.807) is 14.1 Å². The van der Waals surface area contributed by atoms with Crippen molar-refractivity contribution in [2.45, 2.75) is 12.6 Å². The zero-order valence-electron chi connectivity index (χ0n) is 14.7. The highest BCUT2D eigenvalue weighted by atomic mass is 19.4. The lowest BCUT2D eigenvalue weighted by Crippen LogP contribution is -2.18. The lowest BCUT2D eigenvalue weighted by atomic mass is 10.2. The number of aromatic nitrogens is 5. The van der Waals surface area contributed by atoms with Crippen LogP contribution in [-0.2, 0) is 12.6 Å². The first-order valence-corrected chi connectivity index (χ1v) is 8.17. The van der Waals surface area contributed by atoms with Gasteiger partial charge in [0, 0.05) is 38.7 Å². The Balaban J connectivity index is 1.67. The minimum atomic E-state index is -4.54. The number of rotatable bonds is 6. The standard InChI is InChI=1S/C17H18F3N7/c1-27(2)14-10-12(17(18,19)20)22-16(24-14)21-9-8-13-23-15(26-25-13)11-6-4-3-5-7-11/h3-7,10H,8-9H2,1-2H3,(H,21,22,24)(H,23,25,26). The number of H-pyrrole nitrogens is 1. The number of nitrogens with zero attached hydrogens (tertiary/aromatic N) is 5. The van der Waals surface area contributed by atoms with Crippen molar-refractivity contribution >= 4 is 11.8 Å². The van der Waals surface area contributed by atoms with E-state index in [-0.39, 0.29) is 11.8 Å². The maximum Gasteiger partial charge on any atom is 0.433 e. The Morgan fingerprint density at radius 2 is 1.81 bits per heavy atom. The monoisotopic (exact) mass is 377 g/mol. The first-order valence-electron chi connectivity index (χ1n) is 8.17. The van der Waals surface area contributed by atoms with Gasteiger partial charge < -0.3 is 10.2 Å².